The highest BCUT2D eigenvalue weighted by Crippen LogP contribution is 2.36. The lowest BCUT2D eigenvalue weighted by Gasteiger charge is -2.39. The molecule has 1 aliphatic heterocycles. The molecule has 1 aliphatic rings. The second-order valence-electron chi connectivity index (χ2n) is 5.47. The van der Waals surface area contributed by atoms with Gasteiger partial charge in [0.15, 0.2) is 0 Å². The first-order valence-corrected chi connectivity index (χ1v) is 6.72. The highest BCUT2D eigenvalue weighted by atomic mass is 16.5. The topological polar surface area (TPSA) is 41.5 Å². The maximum absolute atomic E-state index is 10.9. The summed E-state index contributed by atoms with van der Waals surface area (Å²) in [6, 6.07) is 7.87. The Morgan fingerprint density at radius 1 is 1.44 bits per heavy atom. The molecule has 2 N–H and O–H groups in total. The third-order valence-corrected chi connectivity index (χ3v) is 3.65. The molecule has 3 nitrogen and oxygen atoms in total. The number of nitrogens with one attached hydrogen (secondary N) is 1. The monoisotopic (exact) mass is 249 g/mol. The molecule has 100 valence electrons. The van der Waals surface area contributed by atoms with Crippen LogP contribution in [0.2, 0.25) is 0 Å². The van der Waals surface area contributed by atoms with Crippen molar-refractivity contribution in [1.29, 1.82) is 0 Å². The Morgan fingerprint density at radius 3 is 2.89 bits per heavy atom. The Labute approximate surface area is 109 Å². The summed E-state index contributed by atoms with van der Waals surface area (Å²) in [5.74, 6) is 1.04. The van der Waals surface area contributed by atoms with Crippen LogP contribution in [0, 0.1) is 5.92 Å². The molecule has 1 aromatic rings. The zero-order valence-corrected chi connectivity index (χ0v) is 11.4. The SMILES string of the molecule is CC(C)Oc1cccc(C2(O)CCNCC2C)c1. The van der Waals surface area contributed by atoms with Crippen LogP contribution in [0.15, 0.2) is 24.3 Å². The van der Waals surface area contributed by atoms with Gasteiger partial charge in [-0.2, -0.15) is 0 Å². The predicted molar refractivity (Wildman–Crippen MR) is 72.8 cm³/mol. The first-order valence-electron chi connectivity index (χ1n) is 6.72. The fourth-order valence-corrected chi connectivity index (χ4v) is 2.55. The van der Waals surface area contributed by atoms with E-state index in [-0.39, 0.29) is 12.0 Å². The van der Waals surface area contributed by atoms with Crippen molar-refractivity contribution in [2.45, 2.75) is 38.9 Å². The van der Waals surface area contributed by atoms with Gasteiger partial charge in [0.1, 0.15) is 5.75 Å². The Kier molecular flexibility index (Phi) is 3.93. The molecule has 0 saturated carbocycles. The van der Waals surface area contributed by atoms with Crippen LogP contribution in [0.4, 0.5) is 0 Å². The maximum atomic E-state index is 10.9. The predicted octanol–water partition coefficient (Wildman–Crippen LogP) is 2.29. The number of aliphatic hydroxyl groups is 1. The van der Waals surface area contributed by atoms with E-state index < -0.39 is 5.60 Å². The quantitative estimate of drug-likeness (QED) is 0.863. The van der Waals surface area contributed by atoms with E-state index in [1.165, 1.54) is 0 Å². The standard InChI is InChI=1S/C15H23NO2/c1-11(2)18-14-6-4-5-13(9-14)15(17)7-8-16-10-12(15)3/h4-6,9,11-12,16-17H,7-8,10H2,1-3H3. The first kappa shape index (κ1) is 13.4. The Bertz CT molecular complexity index is 405. The van der Waals surface area contributed by atoms with Crippen LogP contribution in [0.1, 0.15) is 32.8 Å². The van der Waals surface area contributed by atoms with Gasteiger partial charge in [-0.25, -0.2) is 0 Å². The van der Waals surface area contributed by atoms with Crippen molar-refractivity contribution in [3.05, 3.63) is 29.8 Å². The maximum Gasteiger partial charge on any atom is 0.120 e. The zero-order valence-electron chi connectivity index (χ0n) is 11.4. The third-order valence-electron chi connectivity index (χ3n) is 3.65. The second-order valence-corrected chi connectivity index (χ2v) is 5.47. The van der Waals surface area contributed by atoms with E-state index in [4.69, 9.17) is 4.74 Å². The van der Waals surface area contributed by atoms with Gasteiger partial charge in [-0.1, -0.05) is 19.1 Å². The second kappa shape index (κ2) is 5.29. The van der Waals surface area contributed by atoms with Gasteiger partial charge < -0.3 is 15.2 Å². The van der Waals surface area contributed by atoms with Crippen molar-refractivity contribution in [1.82, 2.24) is 5.32 Å². The summed E-state index contributed by atoms with van der Waals surface area (Å²) in [5, 5.41) is 14.2. The smallest absolute Gasteiger partial charge is 0.120 e. The number of hydrogen-bond donors (Lipinski definition) is 2. The minimum Gasteiger partial charge on any atom is -0.491 e. The summed E-state index contributed by atoms with van der Waals surface area (Å²) in [4.78, 5) is 0. The van der Waals surface area contributed by atoms with E-state index in [1.807, 2.05) is 38.1 Å². The minimum absolute atomic E-state index is 0.153. The molecule has 2 rings (SSSR count). The van der Waals surface area contributed by atoms with Crippen molar-refractivity contribution >= 4 is 0 Å². The minimum atomic E-state index is -0.735. The fraction of sp³-hybridized carbons (Fsp3) is 0.600. The van der Waals surface area contributed by atoms with E-state index in [0.29, 0.717) is 0 Å². The molecule has 18 heavy (non-hydrogen) atoms. The van der Waals surface area contributed by atoms with Crippen LogP contribution >= 0.6 is 0 Å². The van der Waals surface area contributed by atoms with Gasteiger partial charge >= 0.3 is 0 Å². The van der Waals surface area contributed by atoms with Gasteiger partial charge in [0.2, 0.25) is 0 Å². The molecule has 0 bridgehead atoms. The third kappa shape index (κ3) is 2.68. The molecule has 0 aromatic heterocycles. The number of hydrogen-bond acceptors (Lipinski definition) is 3. The van der Waals surface area contributed by atoms with Crippen LogP contribution in [-0.4, -0.2) is 24.3 Å². The molecule has 1 aromatic carbocycles. The molecule has 2 unspecified atom stereocenters. The molecule has 0 spiro atoms. The van der Waals surface area contributed by atoms with Crippen molar-refractivity contribution < 1.29 is 9.84 Å². The number of rotatable bonds is 3. The van der Waals surface area contributed by atoms with Crippen LogP contribution in [-0.2, 0) is 5.60 Å². The van der Waals surface area contributed by atoms with Crippen LogP contribution < -0.4 is 10.1 Å². The van der Waals surface area contributed by atoms with Gasteiger partial charge in [-0.05, 0) is 44.5 Å². The van der Waals surface area contributed by atoms with E-state index in [9.17, 15) is 5.11 Å². The van der Waals surface area contributed by atoms with E-state index in [1.54, 1.807) is 0 Å². The average molecular weight is 249 g/mol. The van der Waals surface area contributed by atoms with Crippen molar-refractivity contribution in [2.24, 2.45) is 5.92 Å². The molecule has 0 radical (unpaired) electrons. The Morgan fingerprint density at radius 2 is 2.22 bits per heavy atom. The number of piperidine rings is 1. The lowest BCUT2D eigenvalue weighted by Crippen LogP contribution is -2.46. The normalized spacial score (nSPS) is 28.4. The van der Waals surface area contributed by atoms with Gasteiger partial charge in [0.05, 0.1) is 11.7 Å². The summed E-state index contributed by atoms with van der Waals surface area (Å²) in [6.45, 7) is 7.81. The molecule has 0 aliphatic carbocycles. The largest absolute Gasteiger partial charge is 0.491 e. The average Bonchev–Trinajstić information content (AvgIpc) is 2.32. The lowest BCUT2D eigenvalue weighted by atomic mass is 9.77. The summed E-state index contributed by atoms with van der Waals surface area (Å²) in [5.41, 5.74) is 0.233. The molecule has 2 atom stereocenters. The Balaban J connectivity index is 2.26. The highest BCUT2D eigenvalue weighted by Gasteiger charge is 2.37. The van der Waals surface area contributed by atoms with E-state index in [0.717, 1.165) is 30.8 Å². The highest BCUT2D eigenvalue weighted by molar-refractivity contribution is 5.33. The summed E-state index contributed by atoms with van der Waals surface area (Å²) in [7, 11) is 0. The Hall–Kier alpha value is -1.06. The number of benzene rings is 1. The van der Waals surface area contributed by atoms with Crippen LogP contribution in [0.3, 0.4) is 0 Å². The van der Waals surface area contributed by atoms with Crippen molar-refractivity contribution in [3.63, 3.8) is 0 Å². The summed E-state index contributed by atoms with van der Waals surface area (Å²) in [6.07, 6.45) is 0.902. The molecule has 1 saturated heterocycles. The molecular weight excluding hydrogens is 226 g/mol. The van der Waals surface area contributed by atoms with Crippen LogP contribution in [0.5, 0.6) is 5.75 Å². The van der Waals surface area contributed by atoms with E-state index >= 15 is 0 Å². The van der Waals surface area contributed by atoms with Gasteiger partial charge in [-0.15, -0.1) is 0 Å². The molecule has 1 fully saturated rings. The number of ether oxygens (including phenoxy) is 1. The first-order chi connectivity index (χ1) is 8.52. The van der Waals surface area contributed by atoms with E-state index in [2.05, 4.69) is 12.2 Å². The summed E-state index contributed by atoms with van der Waals surface area (Å²) < 4.78 is 5.70. The summed E-state index contributed by atoms with van der Waals surface area (Å²) >= 11 is 0. The van der Waals surface area contributed by atoms with Gasteiger partial charge in [-0.3, -0.25) is 0 Å². The van der Waals surface area contributed by atoms with Crippen molar-refractivity contribution in [2.75, 3.05) is 13.1 Å². The lowest BCUT2D eigenvalue weighted by molar-refractivity contribution is -0.0394. The van der Waals surface area contributed by atoms with Gasteiger partial charge in [0.25, 0.3) is 0 Å². The van der Waals surface area contributed by atoms with Crippen molar-refractivity contribution in [3.8, 4) is 5.75 Å². The zero-order chi connectivity index (χ0) is 13.2. The molecular formula is C15H23NO2. The molecule has 0 amide bonds. The van der Waals surface area contributed by atoms with Gasteiger partial charge in [0, 0.05) is 12.5 Å². The molecule has 1 heterocycles. The molecule has 3 heteroatoms. The van der Waals surface area contributed by atoms with Crippen LogP contribution in [0.25, 0.3) is 0 Å². The fourth-order valence-electron chi connectivity index (χ4n) is 2.55.